The molecule has 1 aromatic heterocycles. The fourth-order valence-corrected chi connectivity index (χ4v) is 2.33. The van der Waals surface area contributed by atoms with Crippen molar-refractivity contribution in [3.8, 4) is 0 Å². The highest BCUT2D eigenvalue weighted by Gasteiger charge is 2.12. The van der Waals surface area contributed by atoms with Crippen LogP contribution in [0.1, 0.15) is 11.3 Å². The lowest BCUT2D eigenvalue weighted by atomic mass is 10.2. The van der Waals surface area contributed by atoms with Gasteiger partial charge in [-0.1, -0.05) is 12.2 Å². The number of halogens is 2. The Morgan fingerprint density at radius 1 is 1.44 bits per heavy atom. The minimum Gasteiger partial charge on any atom is -0.467 e. The van der Waals surface area contributed by atoms with Crippen LogP contribution in [0.5, 0.6) is 0 Å². The Kier molecular flexibility index (Phi) is 3.98. The first-order valence-electron chi connectivity index (χ1n) is 5.13. The standard InChI is InChI=1S/C12H10BrFN2OS/c13-10-8(12(15)18)3-4-9(11(10)14)16-6-7-2-1-5-17-7/h1-5,16H,6H2,(H2,15,18). The zero-order valence-corrected chi connectivity index (χ0v) is 11.6. The number of nitrogens with two attached hydrogens (primary N) is 1. The molecule has 0 atom stereocenters. The van der Waals surface area contributed by atoms with Gasteiger partial charge in [0.05, 0.1) is 23.0 Å². The molecule has 0 aliphatic heterocycles. The average molecular weight is 329 g/mol. The molecule has 0 saturated carbocycles. The number of furan rings is 1. The highest BCUT2D eigenvalue weighted by Crippen LogP contribution is 2.27. The number of anilines is 1. The Labute approximate surface area is 117 Å². The third-order valence-electron chi connectivity index (χ3n) is 2.38. The van der Waals surface area contributed by atoms with Gasteiger partial charge < -0.3 is 15.5 Å². The fraction of sp³-hybridized carbons (Fsp3) is 0.0833. The minimum absolute atomic E-state index is 0.151. The largest absolute Gasteiger partial charge is 0.467 e. The molecule has 1 heterocycles. The van der Waals surface area contributed by atoms with Gasteiger partial charge in [0.25, 0.3) is 0 Å². The second-order valence-corrected chi connectivity index (χ2v) is 4.82. The van der Waals surface area contributed by atoms with Gasteiger partial charge in [0.2, 0.25) is 0 Å². The zero-order chi connectivity index (χ0) is 13.1. The van der Waals surface area contributed by atoms with E-state index >= 15 is 0 Å². The molecule has 18 heavy (non-hydrogen) atoms. The van der Waals surface area contributed by atoms with Gasteiger partial charge in [0, 0.05) is 5.56 Å². The number of hydrogen-bond acceptors (Lipinski definition) is 3. The summed E-state index contributed by atoms with van der Waals surface area (Å²) in [5.74, 6) is 0.302. The van der Waals surface area contributed by atoms with E-state index in [1.54, 1.807) is 24.5 Å². The van der Waals surface area contributed by atoms with Gasteiger partial charge >= 0.3 is 0 Å². The maximum atomic E-state index is 14.0. The Balaban J connectivity index is 2.19. The molecule has 0 radical (unpaired) electrons. The van der Waals surface area contributed by atoms with Crippen LogP contribution in [0.2, 0.25) is 0 Å². The van der Waals surface area contributed by atoms with Crippen molar-refractivity contribution in [3.63, 3.8) is 0 Å². The second kappa shape index (κ2) is 5.49. The van der Waals surface area contributed by atoms with Crippen LogP contribution in [-0.2, 0) is 6.54 Å². The van der Waals surface area contributed by atoms with E-state index in [0.717, 1.165) is 5.76 Å². The first-order valence-corrected chi connectivity index (χ1v) is 6.33. The summed E-state index contributed by atoms with van der Waals surface area (Å²) in [6, 6.07) is 6.85. The van der Waals surface area contributed by atoms with Gasteiger partial charge in [-0.3, -0.25) is 0 Å². The maximum Gasteiger partial charge on any atom is 0.161 e. The molecule has 0 aliphatic carbocycles. The van der Waals surface area contributed by atoms with E-state index in [1.165, 1.54) is 0 Å². The summed E-state index contributed by atoms with van der Waals surface area (Å²) in [6.07, 6.45) is 1.57. The molecule has 2 rings (SSSR count). The molecule has 6 heteroatoms. The molecule has 0 amide bonds. The first kappa shape index (κ1) is 13.0. The highest BCUT2D eigenvalue weighted by atomic mass is 79.9. The molecule has 3 N–H and O–H groups in total. The zero-order valence-electron chi connectivity index (χ0n) is 9.24. The fourth-order valence-electron chi connectivity index (χ4n) is 1.47. The Hall–Kier alpha value is -1.40. The van der Waals surface area contributed by atoms with Crippen LogP contribution in [0.4, 0.5) is 10.1 Å². The lowest BCUT2D eigenvalue weighted by Gasteiger charge is -2.10. The molecule has 94 valence electrons. The molecule has 0 fully saturated rings. The van der Waals surface area contributed by atoms with E-state index in [0.29, 0.717) is 17.8 Å². The van der Waals surface area contributed by atoms with E-state index < -0.39 is 5.82 Å². The second-order valence-electron chi connectivity index (χ2n) is 3.59. The van der Waals surface area contributed by atoms with Gasteiger partial charge in [-0.05, 0) is 40.2 Å². The smallest absolute Gasteiger partial charge is 0.161 e. The molecule has 0 saturated heterocycles. The Morgan fingerprint density at radius 3 is 2.83 bits per heavy atom. The van der Waals surface area contributed by atoms with Gasteiger partial charge in [-0.25, -0.2) is 4.39 Å². The van der Waals surface area contributed by atoms with Crippen LogP contribution in [0.15, 0.2) is 39.4 Å². The lowest BCUT2D eigenvalue weighted by molar-refractivity contribution is 0.517. The van der Waals surface area contributed by atoms with Crippen molar-refractivity contribution in [2.24, 2.45) is 5.73 Å². The van der Waals surface area contributed by atoms with Crippen molar-refractivity contribution in [1.82, 2.24) is 0 Å². The van der Waals surface area contributed by atoms with Crippen molar-refractivity contribution in [2.75, 3.05) is 5.32 Å². The van der Waals surface area contributed by atoms with E-state index in [9.17, 15) is 4.39 Å². The van der Waals surface area contributed by atoms with Crippen LogP contribution in [0, 0.1) is 5.82 Å². The molecule has 0 bridgehead atoms. The molecular weight excluding hydrogens is 319 g/mol. The van der Waals surface area contributed by atoms with Crippen LogP contribution in [0.25, 0.3) is 0 Å². The molecule has 2 aromatic rings. The van der Waals surface area contributed by atoms with E-state index in [2.05, 4.69) is 21.2 Å². The number of hydrogen-bond donors (Lipinski definition) is 2. The number of rotatable bonds is 4. The Bertz CT molecular complexity index is 572. The summed E-state index contributed by atoms with van der Waals surface area (Å²) >= 11 is 7.97. The predicted molar refractivity (Wildman–Crippen MR) is 76.0 cm³/mol. The molecule has 0 unspecified atom stereocenters. The summed E-state index contributed by atoms with van der Waals surface area (Å²) < 4.78 is 19.4. The van der Waals surface area contributed by atoms with Crippen LogP contribution >= 0.6 is 28.1 Å². The molecule has 3 nitrogen and oxygen atoms in total. The summed E-state index contributed by atoms with van der Waals surface area (Å²) in [5, 5.41) is 2.94. The Morgan fingerprint density at radius 2 is 2.22 bits per heavy atom. The van der Waals surface area contributed by atoms with E-state index in [-0.39, 0.29) is 9.46 Å². The van der Waals surface area contributed by atoms with Gasteiger partial charge in [0.15, 0.2) is 5.82 Å². The maximum absolute atomic E-state index is 14.0. The van der Waals surface area contributed by atoms with Gasteiger partial charge in [0.1, 0.15) is 10.7 Å². The lowest BCUT2D eigenvalue weighted by Crippen LogP contribution is -2.12. The predicted octanol–water partition coefficient (Wildman–Crippen LogP) is 3.43. The van der Waals surface area contributed by atoms with Crippen LogP contribution in [0.3, 0.4) is 0 Å². The van der Waals surface area contributed by atoms with Crippen molar-refractivity contribution < 1.29 is 8.81 Å². The topological polar surface area (TPSA) is 51.2 Å². The first-order chi connectivity index (χ1) is 8.59. The van der Waals surface area contributed by atoms with Crippen molar-refractivity contribution in [1.29, 1.82) is 0 Å². The minimum atomic E-state index is -0.424. The van der Waals surface area contributed by atoms with E-state index in [4.69, 9.17) is 22.4 Å². The summed E-state index contributed by atoms with van der Waals surface area (Å²) in [7, 11) is 0. The van der Waals surface area contributed by atoms with Gasteiger partial charge in [-0.2, -0.15) is 0 Å². The molecule has 0 aliphatic rings. The van der Waals surface area contributed by atoms with Crippen molar-refractivity contribution in [3.05, 3.63) is 52.1 Å². The average Bonchev–Trinajstić information content (AvgIpc) is 2.83. The molecule has 1 aromatic carbocycles. The highest BCUT2D eigenvalue weighted by molar-refractivity contribution is 9.10. The number of benzene rings is 1. The molecule has 0 spiro atoms. The number of thiocarbonyl (C=S) groups is 1. The molecular formula is C12H10BrFN2OS. The summed E-state index contributed by atoms with van der Waals surface area (Å²) in [4.78, 5) is 0.151. The van der Waals surface area contributed by atoms with Crippen LogP contribution in [-0.4, -0.2) is 4.99 Å². The van der Waals surface area contributed by atoms with E-state index in [1.807, 2.05) is 6.07 Å². The SMILES string of the molecule is NC(=S)c1ccc(NCc2ccco2)c(F)c1Br. The van der Waals surface area contributed by atoms with Gasteiger partial charge in [-0.15, -0.1) is 0 Å². The van der Waals surface area contributed by atoms with Crippen LogP contribution < -0.4 is 11.1 Å². The monoisotopic (exact) mass is 328 g/mol. The van der Waals surface area contributed by atoms with Crippen molar-refractivity contribution >= 4 is 38.8 Å². The number of nitrogens with one attached hydrogen (secondary N) is 1. The third-order valence-corrected chi connectivity index (χ3v) is 3.38. The quantitative estimate of drug-likeness (QED) is 0.844. The van der Waals surface area contributed by atoms with Crippen molar-refractivity contribution in [2.45, 2.75) is 6.54 Å². The summed E-state index contributed by atoms with van der Waals surface area (Å²) in [6.45, 7) is 0.406. The normalized spacial score (nSPS) is 10.3. The summed E-state index contributed by atoms with van der Waals surface area (Å²) in [5.41, 5.74) is 6.32. The third kappa shape index (κ3) is 2.70.